The van der Waals surface area contributed by atoms with Gasteiger partial charge in [-0.2, -0.15) is 0 Å². The number of hydrogen-bond donors (Lipinski definition) is 4. The molecule has 242 valence electrons. The average molecular weight is 603 g/mol. The molecular formula is C40H58O4. The average Bonchev–Trinajstić information content (AvgIpc) is 2.87. The van der Waals surface area contributed by atoms with Crippen molar-refractivity contribution in [3.63, 3.8) is 0 Å². The van der Waals surface area contributed by atoms with E-state index in [1.54, 1.807) is 13.0 Å². The van der Waals surface area contributed by atoms with Gasteiger partial charge in [0, 0.05) is 11.8 Å². The highest BCUT2D eigenvalue weighted by Crippen LogP contribution is 2.50. The monoisotopic (exact) mass is 602 g/mol. The molecule has 0 aromatic carbocycles. The minimum absolute atomic E-state index is 0.0115. The van der Waals surface area contributed by atoms with Crippen LogP contribution in [-0.2, 0) is 0 Å². The van der Waals surface area contributed by atoms with Crippen molar-refractivity contribution in [3.05, 3.63) is 119 Å². The van der Waals surface area contributed by atoms with Gasteiger partial charge in [0.25, 0.3) is 0 Å². The first kappa shape index (κ1) is 37.4. The zero-order valence-corrected chi connectivity index (χ0v) is 28.9. The summed E-state index contributed by atoms with van der Waals surface area (Å²) in [4.78, 5) is 0. The molecule has 0 aromatic heterocycles. The molecule has 2 aliphatic carbocycles. The lowest BCUT2D eigenvalue weighted by molar-refractivity contribution is -0.216. The molecule has 0 aliphatic heterocycles. The lowest BCUT2D eigenvalue weighted by Crippen LogP contribution is -2.65. The molecule has 1 saturated carbocycles. The lowest BCUT2D eigenvalue weighted by atomic mass is 9.57. The maximum atomic E-state index is 11.4. The van der Waals surface area contributed by atoms with E-state index in [0.717, 1.165) is 29.6 Å². The third-order valence-corrected chi connectivity index (χ3v) is 9.07. The van der Waals surface area contributed by atoms with Gasteiger partial charge < -0.3 is 20.4 Å². The van der Waals surface area contributed by atoms with E-state index in [0.29, 0.717) is 6.42 Å². The van der Waals surface area contributed by atoms with Crippen LogP contribution in [0.15, 0.2) is 119 Å². The first-order valence-electron chi connectivity index (χ1n) is 15.9. The molecule has 4 N–H and O–H groups in total. The van der Waals surface area contributed by atoms with E-state index in [4.69, 9.17) is 0 Å². The summed E-state index contributed by atoms with van der Waals surface area (Å²) in [5.74, 6) is 0. The molecule has 0 radical (unpaired) electrons. The Balaban J connectivity index is 1.94. The van der Waals surface area contributed by atoms with Crippen LogP contribution in [0.1, 0.15) is 94.9 Å². The number of allylic oxidation sites excluding steroid dienone is 18. The molecule has 4 heteroatoms. The quantitative estimate of drug-likeness (QED) is 0.189. The van der Waals surface area contributed by atoms with E-state index >= 15 is 0 Å². The van der Waals surface area contributed by atoms with E-state index in [9.17, 15) is 20.4 Å². The van der Waals surface area contributed by atoms with Crippen LogP contribution in [0.3, 0.4) is 0 Å². The van der Waals surface area contributed by atoms with Gasteiger partial charge in [-0.25, -0.2) is 0 Å². The molecule has 0 aromatic rings. The second-order valence-electron chi connectivity index (χ2n) is 14.5. The minimum Gasteiger partial charge on any atom is -0.393 e. The van der Waals surface area contributed by atoms with Crippen molar-refractivity contribution in [1.82, 2.24) is 0 Å². The van der Waals surface area contributed by atoms with Crippen LogP contribution in [0.5, 0.6) is 0 Å². The molecule has 2 rings (SSSR count). The van der Waals surface area contributed by atoms with E-state index in [1.807, 2.05) is 64.2 Å². The number of hydrogen-bond acceptors (Lipinski definition) is 4. The summed E-state index contributed by atoms with van der Waals surface area (Å²) in [5.41, 5.74) is 3.44. The van der Waals surface area contributed by atoms with Gasteiger partial charge >= 0.3 is 0 Å². The van der Waals surface area contributed by atoms with Crippen LogP contribution in [0, 0.1) is 10.8 Å². The molecule has 0 unspecified atom stereocenters. The first-order chi connectivity index (χ1) is 20.3. The summed E-state index contributed by atoms with van der Waals surface area (Å²) in [6.07, 6.45) is 29.6. The van der Waals surface area contributed by atoms with Crippen molar-refractivity contribution in [2.75, 3.05) is 0 Å². The zero-order chi connectivity index (χ0) is 33.3. The molecule has 4 nitrogen and oxygen atoms in total. The molecule has 0 saturated heterocycles. The topological polar surface area (TPSA) is 80.9 Å². The first-order valence-corrected chi connectivity index (χ1v) is 15.9. The van der Waals surface area contributed by atoms with E-state index in [2.05, 4.69) is 77.2 Å². The number of rotatable bonds is 10. The van der Waals surface area contributed by atoms with Gasteiger partial charge in [-0.15, -0.1) is 0 Å². The molecule has 1 fully saturated rings. The maximum Gasteiger partial charge on any atom is 0.117 e. The van der Waals surface area contributed by atoms with Crippen molar-refractivity contribution in [1.29, 1.82) is 0 Å². The lowest BCUT2D eigenvalue weighted by Gasteiger charge is -2.54. The van der Waals surface area contributed by atoms with Crippen LogP contribution in [-0.4, -0.2) is 43.8 Å². The van der Waals surface area contributed by atoms with Crippen molar-refractivity contribution >= 4 is 0 Å². The number of aliphatic hydroxyl groups excluding tert-OH is 2. The third kappa shape index (κ3) is 10.4. The highest BCUT2D eigenvalue weighted by atomic mass is 16.4. The standard InChI is InChI=1S/C40H58O4/c1-29(17-13-19-31(3)21-22-36-33(5)25-34(41)26-37(36,6)7)15-11-12-16-30(2)18-14-20-32(4)23-24-40(44)38(8,9)27-35(42)28-39(40,10)43/h11-24,34-35,41-44H,25-28H2,1-10H3/b12-11+,17-13+,18-14+,22-21+,24-23+,29-15-,30-16+,31-19+,32-20-/t34-,35+,39+,40+/m1/s1. The summed E-state index contributed by atoms with van der Waals surface area (Å²) in [7, 11) is 0. The molecule has 4 atom stereocenters. The fourth-order valence-corrected chi connectivity index (χ4v) is 6.55. The Morgan fingerprint density at radius 1 is 0.636 bits per heavy atom. The summed E-state index contributed by atoms with van der Waals surface area (Å²) in [5, 5.41) is 42.6. The molecule has 0 amide bonds. The Labute approximate surface area is 267 Å². The van der Waals surface area contributed by atoms with Crippen LogP contribution in [0.2, 0.25) is 0 Å². The SMILES string of the molecule is CC1=C(/C=C/C(C)=C/C=C/C(C)=C\C=C\C=C(C)\C=C\C=C(C)/C=C/[C@]2(O)C(C)(C)C[C@H](O)C[C@]2(C)O)C(C)(C)C[C@H](O)C1. The van der Waals surface area contributed by atoms with Gasteiger partial charge in [0.15, 0.2) is 0 Å². The zero-order valence-electron chi connectivity index (χ0n) is 28.9. The fraction of sp³-hybridized carbons (Fsp3) is 0.500. The van der Waals surface area contributed by atoms with Gasteiger partial charge in [0.2, 0.25) is 0 Å². The van der Waals surface area contributed by atoms with Gasteiger partial charge in [0.05, 0.1) is 17.8 Å². The van der Waals surface area contributed by atoms with Crippen LogP contribution in [0.25, 0.3) is 0 Å². The molecule has 0 spiro atoms. The minimum atomic E-state index is -1.44. The Hall–Kier alpha value is -2.76. The van der Waals surface area contributed by atoms with Gasteiger partial charge in [-0.3, -0.25) is 0 Å². The second-order valence-corrected chi connectivity index (χ2v) is 14.5. The molecular weight excluding hydrogens is 544 g/mol. The summed E-state index contributed by atoms with van der Waals surface area (Å²) in [6.45, 7) is 20.1. The van der Waals surface area contributed by atoms with E-state index in [1.165, 1.54) is 16.7 Å². The van der Waals surface area contributed by atoms with Crippen molar-refractivity contribution < 1.29 is 20.4 Å². The molecule has 0 bridgehead atoms. The van der Waals surface area contributed by atoms with Crippen molar-refractivity contribution in [2.45, 2.75) is 118 Å². The normalized spacial score (nSPS) is 31.1. The summed E-state index contributed by atoms with van der Waals surface area (Å²) < 4.78 is 0. The van der Waals surface area contributed by atoms with Crippen molar-refractivity contribution in [3.8, 4) is 0 Å². The van der Waals surface area contributed by atoms with Crippen LogP contribution >= 0.6 is 0 Å². The maximum absolute atomic E-state index is 11.4. The van der Waals surface area contributed by atoms with Gasteiger partial charge in [-0.05, 0) is 77.9 Å². The van der Waals surface area contributed by atoms with Crippen LogP contribution < -0.4 is 0 Å². The number of aliphatic hydroxyl groups is 4. The van der Waals surface area contributed by atoms with E-state index in [-0.39, 0.29) is 17.9 Å². The second kappa shape index (κ2) is 15.5. The Morgan fingerprint density at radius 3 is 1.61 bits per heavy atom. The Bertz CT molecular complexity index is 1300. The Morgan fingerprint density at radius 2 is 1.11 bits per heavy atom. The smallest absolute Gasteiger partial charge is 0.117 e. The third-order valence-electron chi connectivity index (χ3n) is 9.07. The van der Waals surface area contributed by atoms with Crippen molar-refractivity contribution in [2.24, 2.45) is 10.8 Å². The predicted octanol–water partition coefficient (Wildman–Crippen LogP) is 8.71. The summed E-state index contributed by atoms with van der Waals surface area (Å²) >= 11 is 0. The van der Waals surface area contributed by atoms with E-state index < -0.39 is 22.7 Å². The fourth-order valence-electron chi connectivity index (χ4n) is 6.55. The highest BCUT2D eigenvalue weighted by molar-refractivity contribution is 5.38. The van der Waals surface area contributed by atoms with Gasteiger partial charge in [-0.1, -0.05) is 135 Å². The Kier molecular flexibility index (Phi) is 13.2. The van der Waals surface area contributed by atoms with Crippen LogP contribution in [0.4, 0.5) is 0 Å². The highest BCUT2D eigenvalue weighted by Gasteiger charge is 2.58. The largest absolute Gasteiger partial charge is 0.393 e. The molecule has 44 heavy (non-hydrogen) atoms. The summed E-state index contributed by atoms with van der Waals surface area (Å²) in [6, 6.07) is 0. The predicted molar refractivity (Wildman–Crippen MR) is 187 cm³/mol. The molecule has 2 aliphatic rings. The molecule has 0 heterocycles. The van der Waals surface area contributed by atoms with Gasteiger partial charge in [0.1, 0.15) is 5.60 Å².